The first-order valence-electron chi connectivity index (χ1n) is 6.14. The van der Waals surface area contributed by atoms with Crippen molar-refractivity contribution in [3.05, 3.63) is 29.3 Å². The van der Waals surface area contributed by atoms with Gasteiger partial charge in [0.05, 0.1) is 6.61 Å². The van der Waals surface area contributed by atoms with Gasteiger partial charge in [-0.1, -0.05) is 31.9 Å². The van der Waals surface area contributed by atoms with Crippen LogP contribution in [0.5, 0.6) is 5.75 Å². The number of hydrogen-bond acceptors (Lipinski definition) is 2. The lowest BCUT2D eigenvalue weighted by Crippen LogP contribution is -2.08. The van der Waals surface area contributed by atoms with E-state index in [0.717, 1.165) is 24.3 Å². The summed E-state index contributed by atoms with van der Waals surface area (Å²) in [5.41, 5.74) is 8.23. The maximum Gasteiger partial charge on any atom is 0.124 e. The number of ether oxygens (including phenoxy) is 1. The molecule has 2 nitrogen and oxygen atoms in total. The van der Waals surface area contributed by atoms with Crippen molar-refractivity contribution in [1.29, 1.82) is 0 Å². The Morgan fingerprint density at radius 1 is 1.31 bits per heavy atom. The molecule has 0 aliphatic rings. The summed E-state index contributed by atoms with van der Waals surface area (Å²) in [6.07, 6.45) is 3.56. The molecule has 1 aromatic rings. The molecule has 0 aromatic heterocycles. The Labute approximate surface area is 98.8 Å². The zero-order chi connectivity index (χ0) is 12.0. The zero-order valence-electron chi connectivity index (χ0n) is 10.6. The topological polar surface area (TPSA) is 35.2 Å². The van der Waals surface area contributed by atoms with Crippen LogP contribution in [-0.4, -0.2) is 6.61 Å². The average molecular weight is 221 g/mol. The Morgan fingerprint density at radius 2 is 2.06 bits per heavy atom. The van der Waals surface area contributed by atoms with Gasteiger partial charge in [-0.3, -0.25) is 0 Å². The minimum atomic E-state index is 0.0294. The van der Waals surface area contributed by atoms with Crippen LogP contribution in [0.2, 0.25) is 0 Å². The third-order valence-corrected chi connectivity index (χ3v) is 2.67. The van der Waals surface area contributed by atoms with Crippen LogP contribution in [0.4, 0.5) is 0 Å². The fraction of sp³-hybridized carbons (Fsp3) is 0.571. The van der Waals surface area contributed by atoms with Crippen LogP contribution < -0.4 is 10.5 Å². The van der Waals surface area contributed by atoms with Gasteiger partial charge in [0.1, 0.15) is 5.75 Å². The first kappa shape index (κ1) is 13.0. The van der Waals surface area contributed by atoms with Crippen molar-refractivity contribution in [2.45, 2.75) is 46.1 Å². The maximum atomic E-state index is 5.92. The fourth-order valence-electron chi connectivity index (χ4n) is 1.68. The highest BCUT2D eigenvalue weighted by atomic mass is 16.5. The Bertz CT molecular complexity index is 321. The van der Waals surface area contributed by atoms with Crippen molar-refractivity contribution < 1.29 is 4.74 Å². The van der Waals surface area contributed by atoms with E-state index in [4.69, 9.17) is 10.5 Å². The molecule has 1 atom stereocenters. The first-order valence-corrected chi connectivity index (χ1v) is 6.14. The van der Waals surface area contributed by atoms with Crippen molar-refractivity contribution in [3.63, 3.8) is 0 Å². The van der Waals surface area contributed by atoms with Crippen LogP contribution in [0, 0.1) is 6.92 Å². The summed E-state index contributed by atoms with van der Waals surface area (Å²) in [4.78, 5) is 0. The van der Waals surface area contributed by atoms with Crippen molar-refractivity contribution >= 4 is 0 Å². The smallest absolute Gasteiger partial charge is 0.124 e. The largest absolute Gasteiger partial charge is 0.493 e. The monoisotopic (exact) mass is 221 g/mol. The third kappa shape index (κ3) is 3.86. The molecule has 1 unspecified atom stereocenters. The second kappa shape index (κ2) is 6.54. The molecule has 2 heteroatoms. The minimum absolute atomic E-state index is 0.0294. The summed E-state index contributed by atoms with van der Waals surface area (Å²) in [6.45, 7) is 7.05. The number of nitrogens with two attached hydrogens (primary N) is 1. The molecule has 1 rings (SSSR count). The van der Waals surface area contributed by atoms with Crippen LogP contribution in [0.15, 0.2) is 18.2 Å². The molecule has 0 aliphatic carbocycles. The lowest BCUT2D eigenvalue weighted by molar-refractivity contribution is 0.302. The van der Waals surface area contributed by atoms with Crippen LogP contribution in [0.25, 0.3) is 0 Å². The van der Waals surface area contributed by atoms with Crippen LogP contribution in [0.3, 0.4) is 0 Å². The summed E-state index contributed by atoms with van der Waals surface area (Å²) >= 11 is 0. The molecular weight excluding hydrogens is 198 g/mol. The second-order valence-corrected chi connectivity index (χ2v) is 4.39. The minimum Gasteiger partial charge on any atom is -0.493 e. The average Bonchev–Trinajstić information content (AvgIpc) is 2.24. The van der Waals surface area contributed by atoms with E-state index in [0.29, 0.717) is 0 Å². The molecule has 0 saturated heterocycles. The Morgan fingerprint density at radius 3 is 2.69 bits per heavy atom. The first-order chi connectivity index (χ1) is 7.65. The second-order valence-electron chi connectivity index (χ2n) is 4.39. The van der Waals surface area contributed by atoms with Gasteiger partial charge in [-0.25, -0.2) is 0 Å². The predicted molar refractivity (Wildman–Crippen MR) is 68.8 cm³/mol. The van der Waals surface area contributed by atoms with E-state index >= 15 is 0 Å². The van der Waals surface area contributed by atoms with Gasteiger partial charge < -0.3 is 10.5 Å². The summed E-state index contributed by atoms with van der Waals surface area (Å²) < 4.78 is 5.80. The molecule has 1 aromatic carbocycles. The molecule has 90 valence electrons. The number of aryl methyl sites for hydroxylation is 1. The number of benzene rings is 1. The molecular formula is C14H23NO. The van der Waals surface area contributed by atoms with Gasteiger partial charge in [0, 0.05) is 11.6 Å². The van der Waals surface area contributed by atoms with Gasteiger partial charge in [-0.2, -0.15) is 0 Å². The summed E-state index contributed by atoms with van der Waals surface area (Å²) in [5.74, 6) is 0.950. The predicted octanol–water partition coefficient (Wildman–Crippen LogP) is 3.58. The molecule has 0 radical (unpaired) electrons. The van der Waals surface area contributed by atoms with Crippen LogP contribution >= 0.6 is 0 Å². The SMILES string of the molecule is CCCCCOc1cc(C)ccc1C(C)N. The van der Waals surface area contributed by atoms with Crippen molar-refractivity contribution in [2.75, 3.05) is 6.61 Å². The van der Waals surface area contributed by atoms with E-state index in [1.165, 1.54) is 18.4 Å². The number of rotatable bonds is 6. The maximum absolute atomic E-state index is 5.92. The molecule has 0 aliphatic heterocycles. The highest BCUT2D eigenvalue weighted by Crippen LogP contribution is 2.25. The van der Waals surface area contributed by atoms with Crippen molar-refractivity contribution in [2.24, 2.45) is 5.73 Å². The van der Waals surface area contributed by atoms with Gasteiger partial charge in [-0.15, -0.1) is 0 Å². The zero-order valence-corrected chi connectivity index (χ0v) is 10.6. The van der Waals surface area contributed by atoms with Gasteiger partial charge in [0.25, 0.3) is 0 Å². The molecule has 0 amide bonds. The fourth-order valence-corrected chi connectivity index (χ4v) is 1.68. The highest BCUT2D eigenvalue weighted by Gasteiger charge is 2.07. The lowest BCUT2D eigenvalue weighted by atomic mass is 10.1. The molecule has 0 saturated carbocycles. The number of unbranched alkanes of at least 4 members (excludes halogenated alkanes) is 2. The Hall–Kier alpha value is -1.02. The van der Waals surface area contributed by atoms with Crippen molar-refractivity contribution in [1.82, 2.24) is 0 Å². The quantitative estimate of drug-likeness (QED) is 0.745. The van der Waals surface area contributed by atoms with Gasteiger partial charge in [-0.05, 0) is 31.9 Å². The molecule has 0 fully saturated rings. The van der Waals surface area contributed by atoms with E-state index in [1.54, 1.807) is 0 Å². The third-order valence-electron chi connectivity index (χ3n) is 2.67. The lowest BCUT2D eigenvalue weighted by Gasteiger charge is -2.14. The Balaban J connectivity index is 2.65. The molecule has 0 spiro atoms. The molecule has 2 N–H and O–H groups in total. The standard InChI is InChI=1S/C14H23NO/c1-4-5-6-9-16-14-10-11(2)7-8-13(14)12(3)15/h7-8,10,12H,4-6,9,15H2,1-3H3. The van der Waals surface area contributed by atoms with Crippen LogP contribution in [0.1, 0.15) is 50.3 Å². The van der Waals surface area contributed by atoms with E-state index in [1.807, 2.05) is 6.92 Å². The van der Waals surface area contributed by atoms with E-state index in [9.17, 15) is 0 Å². The van der Waals surface area contributed by atoms with E-state index in [2.05, 4.69) is 32.0 Å². The van der Waals surface area contributed by atoms with Gasteiger partial charge in [0.2, 0.25) is 0 Å². The van der Waals surface area contributed by atoms with Crippen LogP contribution in [-0.2, 0) is 0 Å². The Kier molecular flexibility index (Phi) is 5.33. The normalized spacial score (nSPS) is 12.5. The summed E-state index contributed by atoms with van der Waals surface area (Å²) in [6, 6.07) is 6.25. The van der Waals surface area contributed by atoms with Gasteiger partial charge >= 0.3 is 0 Å². The molecule has 0 heterocycles. The highest BCUT2D eigenvalue weighted by molar-refractivity contribution is 5.38. The van der Waals surface area contributed by atoms with E-state index in [-0.39, 0.29) is 6.04 Å². The summed E-state index contributed by atoms with van der Waals surface area (Å²) in [5, 5.41) is 0. The number of hydrogen-bond donors (Lipinski definition) is 1. The molecule has 0 bridgehead atoms. The van der Waals surface area contributed by atoms with E-state index < -0.39 is 0 Å². The summed E-state index contributed by atoms with van der Waals surface area (Å²) in [7, 11) is 0. The molecule has 16 heavy (non-hydrogen) atoms. The van der Waals surface area contributed by atoms with Crippen molar-refractivity contribution in [3.8, 4) is 5.75 Å². The van der Waals surface area contributed by atoms with Gasteiger partial charge in [0.15, 0.2) is 0 Å².